The number of benzene rings is 2. The van der Waals surface area contributed by atoms with Crippen LogP contribution in [0.15, 0.2) is 54.6 Å². The molecule has 28 heavy (non-hydrogen) atoms. The van der Waals surface area contributed by atoms with Crippen molar-refractivity contribution in [1.29, 1.82) is 0 Å². The Morgan fingerprint density at radius 3 is 2.04 bits per heavy atom. The Hall–Kier alpha value is -3.68. The Kier molecular flexibility index (Phi) is 7.27. The highest BCUT2D eigenvalue weighted by Crippen LogP contribution is 2.14. The largest absolute Gasteiger partial charge is 0.451 e. The average Bonchev–Trinajstić information content (AvgIpc) is 2.67. The van der Waals surface area contributed by atoms with E-state index in [9.17, 15) is 19.2 Å². The van der Waals surface area contributed by atoms with Gasteiger partial charge in [-0.05, 0) is 43.3 Å². The maximum atomic E-state index is 12.1. The van der Waals surface area contributed by atoms with E-state index in [2.05, 4.69) is 16.0 Å². The molecule has 0 saturated heterocycles. The van der Waals surface area contributed by atoms with Crippen LogP contribution in [0.1, 0.15) is 24.2 Å². The molecule has 8 nitrogen and oxygen atoms in total. The van der Waals surface area contributed by atoms with Crippen molar-refractivity contribution in [3.63, 3.8) is 0 Å². The lowest BCUT2D eigenvalue weighted by molar-refractivity contribution is -0.152. The summed E-state index contributed by atoms with van der Waals surface area (Å²) < 4.78 is 5.02. The molecule has 0 unspecified atom stereocenters. The zero-order valence-electron chi connectivity index (χ0n) is 15.5. The minimum atomic E-state index is -1.05. The second kappa shape index (κ2) is 9.86. The number of amides is 3. The molecule has 2 aromatic rings. The summed E-state index contributed by atoms with van der Waals surface area (Å²) in [6.07, 6.45) is -1.05. The minimum absolute atomic E-state index is 0.198. The average molecular weight is 383 g/mol. The molecule has 0 heterocycles. The summed E-state index contributed by atoms with van der Waals surface area (Å²) in [5, 5.41) is 7.65. The van der Waals surface area contributed by atoms with Gasteiger partial charge < -0.3 is 20.7 Å². The highest BCUT2D eigenvalue weighted by molar-refractivity contribution is 5.97. The zero-order valence-corrected chi connectivity index (χ0v) is 15.5. The van der Waals surface area contributed by atoms with E-state index >= 15 is 0 Å². The number of carbonyl (C=O) groups is 4. The summed E-state index contributed by atoms with van der Waals surface area (Å²) in [7, 11) is 0. The minimum Gasteiger partial charge on any atom is -0.451 e. The Morgan fingerprint density at radius 1 is 0.893 bits per heavy atom. The number of carbonyl (C=O) groups excluding carboxylic acids is 4. The van der Waals surface area contributed by atoms with Crippen LogP contribution < -0.4 is 16.0 Å². The Bertz CT molecular complexity index is 850. The lowest BCUT2D eigenvalue weighted by atomic mass is 10.2. The lowest BCUT2D eigenvalue weighted by Gasteiger charge is -2.14. The fourth-order valence-electron chi connectivity index (χ4n) is 2.22. The van der Waals surface area contributed by atoms with E-state index in [0.717, 1.165) is 0 Å². The molecule has 0 bridgehead atoms. The Labute approximate surface area is 162 Å². The molecular formula is C20H21N3O5. The standard InChI is InChI=1S/C20H21N3O5/c1-13(19(26)23-17-10-8-16(9-11-17)22-14(2)24)28-18(25)12-21-20(27)15-6-4-3-5-7-15/h3-11,13H,12H2,1-2H3,(H,21,27)(H,22,24)(H,23,26)/t13-/m1/s1. The summed E-state index contributed by atoms with van der Waals surface area (Å²) in [6, 6.07) is 14.9. The Morgan fingerprint density at radius 2 is 1.46 bits per heavy atom. The molecular weight excluding hydrogens is 362 g/mol. The van der Waals surface area contributed by atoms with Crippen molar-refractivity contribution >= 4 is 35.1 Å². The first-order valence-corrected chi connectivity index (χ1v) is 8.56. The van der Waals surface area contributed by atoms with Gasteiger partial charge in [-0.15, -0.1) is 0 Å². The molecule has 0 aromatic heterocycles. The van der Waals surface area contributed by atoms with Crippen LogP contribution in [0.4, 0.5) is 11.4 Å². The fourth-order valence-corrected chi connectivity index (χ4v) is 2.22. The van der Waals surface area contributed by atoms with E-state index < -0.39 is 23.9 Å². The number of hydrogen-bond acceptors (Lipinski definition) is 5. The molecule has 0 aliphatic heterocycles. The van der Waals surface area contributed by atoms with Crippen LogP contribution in [-0.4, -0.2) is 36.3 Å². The van der Waals surface area contributed by atoms with Gasteiger partial charge in [-0.1, -0.05) is 18.2 Å². The summed E-state index contributed by atoms with van der Waals surface area (Å²) in [5.41, 5.74) is 1.50. The molecule has 3 N–H and O–H groups in total. The first kappa shape index (κ1) is 20.6. The highest BCUT2D eigenvalue weighted by Gasteiger charge is 2.18. The predicted molar refractivity (Wildman–Crippen MR) is 104 cm³/mol. The molecule has 146 valence electrons. The van der Waals surface area contributed by atoms with Crippen molar-refractivity contribution in [2.24, 2.45) is 0 Å². The first-order chi connectivity index (χ1) is 13.3. The number of ether oxygens (including phenoxy) is 1. The topological polar surface area (TPSA) is 114 Å². The second-order valence-corrected chi connectivity index (χ2v) is 5.93. The van der Waals surface area contributed by atoms with E-state index in [1.807, 2.05) is 0 Å². The zero-order chi connectivity index (χ0) is 20.5. The summed E-state index contributed by atoms with van der Waals surface area (Å²) in [4.78, 5) is 46.8. The molecule has 0 fully saturated rings. The van der Waals surface area contributed by atoms with Gasteiger partial charge in [0.25, 0.3) is 11.8 Å². The van der Waals surface area contributed by atoms with Gasteiger partial charge in [0.15, 0.2) is 6.10 Å². The van der Waals surface area contributed by atoms with Crippen molar-refractivity contribution in [2.75, 3.05) is 17.2 Å². The van der Waals surface area contributed by atoms with Gasteiger partial charge >= 0.3 is 5.97 Å². The van der Waals surface area contributed by atoms with Crippen LogP contribution in [0.2, 0.25) is 0 Å². The van der Waals surface area contributed by atoms with Crippen LogP contribution in [0.3, 0.4) is 0 Å². The van der Waals surface area contributed by atoms with Crippen LogP contribution >= 0.6 is 0 Å². The van der Waals surface area contributed by atoms with Crippen molar-refractivity contribution in [3.8, 4) is 0 Å². The van der Waals surface area contributed by atoms with Crippen molar-refractivity contribution < 1.29 is 23.9 Å². The normalized spacial score (nSPS) is 11.1. The third-order valence-corrected chi connectivity index (χ3v) is 3.58. The predicted octanol–water partition coefficient (Wildman–Crippen LogP) is 1.95. The monoisotopic (exact) mass is 383 g/mol. The third-order valence-electron chi connectivity index (χ3n) is 3.58. The highest BCUT2D eigenvalue weighted by atomic mass is 16.5. The molecule has 3 amide bonds. The number of esters is 1. The van der Waals surface area contributed by atoms with E-state index in [-0.39, 0.29) is 12.5 Å². The first-order valence-electron chi connectivity index (χ1n) is 8.56. The van der Waals surface area contributed by atoms with Crippen LogP contribution in [0.25, 0.3) is 0 Å². The number of hydrogen-bond donors (Lipinski definition) is 3. The SMILES string of the molecule is CC(=O)Nc1ccc(NC(=O)[C@@H](C)OC(=O)CNC(=O)c2ccccc2)cc1. The molecule has 2 aromatic carbocycles. The fraction of sp³-hybridized carbons (Fsp3) is 0.200. The van der Waals surface area contributed by atoms with Gasteiger partial charge in [0.2, 0.25) is 5.91 Å². The van der Waals surface area contributed by atoms with Gasteiger partial charge in [-0.3, -0.25) is 19.2 Å². The van der Waals surface area contributed by atoms with Gasteiger partial charge in [0.1, 0.15) is 6.54 Å². The van der Waals surface area contributed by atoms with Crippen LogP contribution in [0.5, 0.6) is 0 Å². The molecule has 0 radical (unpaired) electrons. The smallest absolute Gasteiger partial charge is 0.326 e. The van der Waals surface area contributed by atoms with Crippen LogP contribution in [0, 0.1) is 0 Å². The van der Waals surface area contributed by atoms with E-state index in [0.29, 0.717) is 16.9 Å². The summed E-state index contributed by atoms with van der Waals surface area (Å²) in [5.74, 6) is -1.85. The number of nitrogens with one attached hydrogen (secondary N) is 3. The van der Waals surface area contributed by atoms with Crippen molar-refractivity contribution in [3.05, 3.63) is 60.2 Å². The quantitative estimate of drug-likeness (QED) is 0.633. The van der Waals surface area contributed by atoms with E-state index in [1.54, 1.807) is 54.6 Å². The molecule has 0 spiro atoms. The Balaban J connectivity index is 1.78. The van der Waals surface area contributed by atoms with E-state index in [4.69, 9.17) is 4.74 Å². The molecule has 0 aliphatic carbocycles. The van der Waals surface area contributed by atoms with Gasteiger partial charge in [-0.2, -0.15) is 0 Å². The molecule has 1 atom stereocenters. The third kappa shape index (κ3) is 6.56. The molecule has 0 saturated carbocycles. The summed E-state index contributed by atoms with van der Waals surface area (Å²) >= 11 is 0. The van der Waals surface area contributed by atoms with Crippen molar-refractivity contribution in [2.45, 2.75) is 20.0 Å². The van der Waals surface area contributed by atoms with E-state index in [1.165, 1.54) is 13.8 Å². The summed E-state index contributed by atoms with van der Waals surface area (Å²) in [6.45, 7) is 2.47. The molecule has 2 rings (SSSR count). The number of rotatable bonds is 7. The lowest BCUT2D eigenvalue weighted by Crippen LogP contribution is -2.35. The van der Waals surface area contributed by atoms with Crippen LogP contribution in [-0.2, 0) is 19.1 Å². The van der Waals surface area contributed by atoms with Gasteiger partial charge in [0.05, 0.1) is 0 Å². The maximum absolute atomic E-state index is 12.1. The van der Waals surface area contributed by atoms with Crippen molar-refractivity contribution in [1.82, 2.24) is 5.32 Å². The molecule has 0 aliphatic rings. The maximum Gasteiger partial charge on any atom is 0.326 e. The second-order valence-electron chi connectivity index (χ2n) is 5.93. The van der Waals surface area contributed by atoms with Gasteiger partial charge in [0, 0.05) is 23.9 Å². The van der Waals surface area contributed by atoms with Gasteiger partial charge in [-0.25, -0.2) is 0 Å². The number of anilines is 2. The molecule has 8 heteroatoms.